The number of anilines is 1. The second-order valence-corrected chi connectivity index (χ2v) is 8.70. The van der Waals surface area contributed by atoms with Gasteiger partial charge in [0.2, 0.25) is 5.82 Å². The van der Waals surface area contributed by atoms with Gasteiger partial charge in [0.05, 0.1) is 25.3 Å². The third-order valence-electron chi connectivity index (χ3n) is 4.12. The van der Waals surface area contributed by atoms with Crippen molar-refractivity contribution in [1.82, 2.24) is 9.97 Å². The van der Waals surface area contributed by atoms with Gasteiger partial charge >= 0.3 is 0 Å². The number of halogens is 1. The molecule has 8 nitrogen and oxygen atoms in total. The number of hydrogen-bond donors (Lipinski definition) is 1. The molecule has 10 heteroatoms. The molecule has 1 aromatic heterocycles. The molecule has 0 aliphatic carbocycles. The van der Waals surface area contributed by atoms with Crippen molar-refractivity contribution in [2.45, 2.75) is 18.4 Å². The molecule has 0 fully saturated rings. The van der Waals surface area contributed by atoms with Crippen molar-refractivity contribution in [3.05, 3.63) is 64.4 Å². The number of hydrogen-bond acceptors (Lipinski definition) is 7. The number of rotatable bonds is 8. The molecule has 2 aromatic carbocycles. The van der Waals surface area contributed by atoms with Gasteiger partial charge in [-0.1, -0.05) is 29.8 Å². The highest BCUT2D eigenvalue weighted by Gasteiger charge is 2.20. The quantitative estimate of drug-likeness (QED) is 0.506. The number of ether oxygens (including phenoxy) is 3. The molecule has 0 radical (unpaired) electrons. The van der Waals surface area contributed by atoms with E-state index in [2.05, 4.69) is 30.6 Å². The maximum Gasteiger partial charge on any atom is 0.263 e. The van der Waals surface area contributed by atoms with E-state index in [4.69, 9.17) is 14.2 Å². The van der Waals surface area contributed by atoms with Gasteiger partial charge in [-0.3, -0.25) is 4.72 Å². The van der Waals surface area contributed by atoms with Crippen LogP contribution in [0.1, 0.15) is 11.1 Å². The zero-order valence-corrected chi connectivity index (χ0v) is 19.0. The van der Waals surface area contributed by atoms with E-state index in [0.717, 1.165) is 5.56 Å². The summed E-state index contributed by atoms with van der Waals surface area (Å²) in [5.41, 5.74) is 1.65. The highest BCUT2D eigenvalue weighted by Crippen LogP contribution is 2.32. The van der Waals surface area contributed by atoms with Gasteiger partial charge < -0.3 is 14.2 Å². The third kappa shape index (κ3) is 5.00. The molecular formula is C20H20BrN3O5S. The molecule has 0 bridgehead atoms. The molecule has 30 heavy (non-hydrogen) atoms. The Morgan fingerprint density at radius 3 is 2.47 bits per heavy atom. The van der Waals surface area contributed by atoms with Gasteiger partial charge in [0.15, 0.2) is 11.5 Å². The number of aryl methyl sites for hydroxylation is 1. The molecule has 0 saturated carbocycles. The summed E-state index contributed by atoms with van der Waals surface area (Å²) in [4.78, 5) is 8.44. The number of para-hydroxylation sites is 1. The van der Waals surface area contributed by atoms with Gasteiger partial charge in [0.1, 0.15) is 11.2 Å². The fourth-order valence-corrected chi connectivity index (χ4v) is 3.91. The van der Waals surface area contributed by atoms with Crippen LogP contribution in [-0.2, 0) is 16.6 Å². The van der Waals surface area contributed by atoms with Gasteiger partial charge in [-0.25, -0.2) is 18.4 Å². The standard InChI is InChI=1S/C20H20BrN3O5S/c1-13-7-9-15(10-8-13)30(25,26)24-19-20(23-17(21)11-22-19)29-12-14-5-4-6-16(27-2)18(14)28-3/h4-11H,12H2,1-3H3,(H,22,24). The molecule has 1 N–H and O–H groups in total. The lowest BCUT2D eigenvalue weighted by Crippen LogP contribution is -2.15. The van der Waals surface area contributed by atoms with Crippen molar-refractivity contribution in [2.24, 2.45) is 0 Å². The van der Waals surface area contributed by atoms with Gasteiger partial charge in [0, 0.05) is 5.56 Å². The minimum atomic E-state index is -3.86. The minimum absolute atomic E-state index is 0.0185. The predicted octanol–water partition coefficient (Wildman–Crippen LogP) is 3.94. The van der Waals surface area contributed by atoms with Crippen LogP contribution in [0.15, 0.2) is 58.2 Å². The maximum atomic E-state index is 12.7. The van der Waals surface area contributed by atoms with Crippen LogP contribution in [0.25, 0.3) is 0 Å². The summed E-state index contributed by atoms with van der Waals surface area (Å²) in [6, 6.07) is 11.8. The molecule has 0 aliphatic rings. The van der Waals surface area contributed by atoms with Crippen molar-refractivity contribution in [2.75, 3.05) is 18.9 Å². The fourth-order valence-electron chi connectivity index (χ4n) is 2.64. The number of nitrogens with one attached hydrogen (secondary N) is 1. The molecule has 0 unspecified atom stereocenters. The van der Waals surface area contributed by atoms with Crippen LogP contribution in [0.5, 0.6) is 17.4 Å². The molecule has 158 valence electrons. The Morgan fingerprint density at radius 1 is 1.07 bits per heavy atom. The summed E-state index contributed by atoms with van der Waals surface area (Å²) in [6.45, 7) is 1.94. The fraction of sp³-hybridized carbons (Fsp3) is 0.200. The van der Waals surface area contributed by atoms with Crippen molar-refractivity contribution in [3.8, 4) is 17.4 Å². The van der Waals surface area contributed by atoms with Gasteiger partial charge in [-0.2, -0.15) is 0 Å². The zero-order valence-electron chi connectivity index (χ0n) is 16.5. The highest BCUT2D eigenvalue weighted by atomic mass is 79.9. The van der Waals surface area contributed by atoms with E-state index >= 15 is 0 Å². The van der Waals surface area contributed by atoms with E-state index in [9.17, 15) is 8.42 Å². The number of methoxy groups -OCH3 is 2. The van der Waals surface area contributed by atoms with Gasteiger partial charge in [-0.05, 0) is 41.1 Å². The highest BCUT2D eigenvalue weighted by molar-refractivity contribution is 9.10. The predicted molar refractivity (Wildman–Crippen MR) is 116 cm³/mol. The first-order valence-electron chi connectivity index (χ1n) is 8.78. The topological polar surface area (TPSA) is 99.6 Å². The number of benzene rings is 2. The van der Waals surface area contributed by atoms with Crippen LogP contribution in [0.3, 0.4) is 0 Å². The molecule has 0 atom stereocenters. The van der Waals surface area contributed by atoms with Crippen LogP contribution in [0, 0.1) is 6.92 Å². The molecule has 0 saturated heterocycles. The van der Waals surface area contributed by atoms with Gasteiger partial charge in [-0.15, -0.1) is 0 Å². The molecule has 0 aliphatic heterocycles. The van der Waals surface area contributed by atoms with Gasteiger partial charge in [0.25, 0.3) is 15.9 Å². The van der Waals surface area contributed by atoms with Crippen molar-refractivity contribution in [3.63, 3.8) is 0 Å². The lowest BCUT2D eigenvalue weighted by molar-refractivity contribution is 0.281. The molecule has 0 spiro atoms. The van der Waals surface area contributed by atoms with E-state index in [1.54, 1.807) is 31.4 Å². The summed E-state index contributed by atoms with van der Waals surface area (Å²) in [5.74, 6) is 1.06. The Balaban J connectivity index is 1.87. The largest absolute Gasteiger partial charge is 0.493 e. The number of sulfonamides is 1. The normalized spacial score (nSPS) is 11.1. The maximum absolute atomic E-state index is 12.7. The van der Waals surface area contributed by atoms with Crippen molar-refractivity contribution in [1.29, 1.82) is 0 Å². The summed E-state index contributed by atoms with van der Waals surface area (Å²) in [5, 5.41) is 0. The zero-order chi connectivity index (χ0) is 21.7. The summed E-state index contributed by atoms with van der Waals surface area (Å²) in [7, 11) is -0.793. The van der Waals surface area contributed by atoms with Crippen molar-refractivity contribution >= 4 is 31.8 Å². The molecule has 0 amide bonds. The molecular weight excluding hydrogens is 474 g/mol. The van der Waals surface area contributed by atoms with Crippen LogP contribution in [-0.4, -0.2) is 32.6 Å². The van der Waals surface area contributed by atoms with Crippen LogP contribution in [0.2, 0.25) is 0 Å². The van der Waals surface area contributed by atoms with E-state index in [0.29, 0.717) is 21.7 Å². The van der Waals surface area contributed by atoms with E-state index in [1.807, 2.05) is 13.0 Å². The average Bonchev–Trinajstić information content (AvgIpc) is 2.73. The van der Waals surface area contributed by atoms with Crippen LogP contribution >= 0.6 is 15.9 Å². The lowest BCUT2D eigenvalue weighted by Gasteiger charge is -2.15. The SMILES string of the molecule is COc1cccc(COc2nc(Br)cnc2NS(=O)(=O)c2ccc(C)cc2)c1OC. The summed E-state index contributed by atoms with van der Waals surface area (Å²) in [6.07, 6.45) is 1.38. The number of aromatic nitrogens is 2. The second kappa shape index (κ2) is 9.31. The third-order valence-corrected chi connectivity index (χ3v) is 5.86. The molecule has 3 rings (SSSR count). The van der Waals surface area contributed by atoms with Crippen LogP contribution < -0.4 is 18.9 Å². The smallest absolute Gasteiger partial charge is 0.263 e. The first-order chi connectivity index (χ1) is 14.3. The Labute approximate surface area is 183 Å². The summed E-state index contributed by atoms with van der Waals surface area (Å²) >= 11 is 3.23. The monoisotopic (exact) mass is 493 g/mol. The summed E-state index contributed by atoms with van der Waals surface area (Å²) < 4.78 is 44.7. The van der Waals surface area contributed by atoms with E-state index in [-0.39, 0.29) is 23.2 Å². The Kier molecular flexibility index (Phi) is 6.78. The van der Waals surface area contributed by atoms with E-state index in [1.165, 1.54) is 25.4 Å². The van der Waals surface area contributed by atoms with Crippen molar-refractivity contribution < 1.29 is 22.6 Å². The average molecular weight is 494 g/mol. The van der Waals surface area contributed by atoms with Crippen LogP contribution in [0.4, 0.5) is 5.82 Å². The number of nitrogens with zero attached hydrogens (tertiary/aromatic N) is 2. The second-order valence-electron chi connectivity index (χ2n) is 6.21. The first-order valence-corrected chi connectivity index (χ1v) is 11.1. The molecule has 3 aromatic rings. The molecule has 1 heterocycles. The lowest BCUT2D eigenvalue weighted by atomic mass is 10.2. The first kappa shape index (κ1) is 21.8. The Morgan fingerprint density at radius 2 is 1.80 bits per heavy atom. The Hall–Kier alpha value is -2.85. The Bertz CT molecular complexity index is 1140. The van der Waals surface area contributed by atoms with E-state index < -0.39 is 10.0 Å². The minimum Gasteiger partial charge on any atom is -0.493 e.